The average Bonchev–Trinajstić information content (AvgIpc) is 3.29. The fourth-order valence-corrected chi connectivity index (χ4v) is 5.91. The Hall–Kier alpha value is -3.55. The average molecular weight is 660 g/mol. The Morgan fingerprint density at radius 1 is 0.829 bits per heavy atom. The number of hydrogen-bond acceptors (Lipinski definition) is 4. The largest absolute Gasteiger partial charge is 0.488 e. The molecule has 0 aliphatic carbocycles. The van der Waals surface area contributed by atoms with Gasteiger partial charge >= 0.3 is 0 Å². The van der Waals surface area contributed by atoms with E-state index in [4.69, 9.17) is 32.9 Å². The Kier molecular flexibility index (Phi) is 8.17. The van der Waals surface area contributed by atoms with Gasteiger partial charge in [0, 0.05) is 20.1 Å². The Morgan fingerprint density at radius 3 is 2.24 bits per heavy atom. The van der Waals surface area contributed by atoms with Crippen LogP contribution in [0.15, 0.2) is 124 Å². The molecule has 0 unspecified atom stereocenters. The van der Waals surface area contributed by atoms with E-state index in [9.17, 15) is 4.79 Å². The summed E-state index contributed by atoms with van der Waals surface area (Å²) in [7, 11) is 0. The molecule has 202 valence electrons. The van der Waals surface area contributed by atoms with Crippen LogP contribution in [0.25, 0.3) is 16.8 Å². The van der Waals surface area contributed by atoms with Gasteiger partial charge in [0.05, 0.1) is 16.3 Å². The summed E-state index contributed by atoms with van der Waals surface area (Å²) in [5.74, 6) is 0.505. The highest BCUT2D eigenvalue weighted by Crippen LogP contribution is 2.40. The summed E-state index contributed by atoms with van der Waals surface area (Å²) in [5, 5.41) is 3.77. The Bertz CT molecular complexity index is 1810. The quantitative estimate of drug-likeness (QED) is 0.170. The molecule has 0 bridgehead atoms. The number of halogens is 3. The maximum absolute atomic E-state index is 14.0. The molecule has 41 heavy (non-hydrogen) atoms. The van der Waals surface area contributed by atoms with Crippen molar-refractivity contribution in [3.63, 3.8) is 0 Å². The first-order valence-electron chi connectivity index (χ1n) is 12.7. The third kappa shape index (κ3) is 6.21. The number of thioether (sulfide) groups is 1. The second kappa shape index (κ2) is 12.1. The van der Waals surface area contributed by atoms with Crippen molar-refractivity contribution in [2.45, 2.75) is 6.61 Å². The molecule has 0 spiro atoms. The van der Waals surface area contributed by atoms with Crippen molar-refractivity contribution in [1.82, 2.24) is 0 Å². The van der Waals surface area contributed by atoms with E-state index in [0.29, 0.717) is 43.8 Å². The molecule has 0 saturated carbocycles. The molecule has 0 radical (unpaired) electrons. The number of aliphatic imine (C=N–C) groups is 1. The highest BCUT2D eigenvalue weighted by Gasteiger charge is 2.35. The van der Waals surface area contributed by atoms with Crippen molar-refractivity contribution in [3.05, 3.63) is 140 Å². The summed E-state index contributed by atoms with van der Waals surface area (Å²) in [6.45, 7) is 0.392. The molecule has 6 rings (SSSR count). The van der Waals surface area contributed by atoms with Gasteiger partial charge in [-0.1, -0.05) is 81.6 Å². The first kappa shape index (κ1) is 27.6. The first-order chi connectivity index (χ1) is 19.9. The van der Waals surface area contributed by atoms with Gasteiger partial charge in [0.1, 0.15) is 12.4 Å². The zero-order valence-corrected chi connectivity index (χ0v) is 25.3. The topological polar surface area (TPSA) is 41.9 Å². The van der Waals surface area contributed by atoms with Gasteiger partial charge in [-0.3, -0.25) is 9.69 Å². The molecule has 5 aromatic carbocycles. The van der Waals surface area contributed by atoms with Crippen LogP contribution in [-0.2, 0) is 11.4 Å². The van der Waals surface area contributed by atoms with Crippen molar-refractivity contribution >= 4 is 90.2 Å². The number of nitrogens with zero attached hydrogens (tertiary/aromatic N) is 2. The third-order valence-electron chi connectivity index (χ3n) is 6.46. The molecule has 1 aliphatic rings. The normalized spacial score (nSPS) is 15.3. The lowest BCUT2D eigenvalue weighted by atomic mass is 10.0. The van der Waals surface area contributed by atoms with E-state index in [1.54, 1.807) is 29.2 Å². The van der Waals surface area contributed by atoms with Crippen molar-refractivity contribution in [2.75, 3.05) is 4.90 Å². The van der Waals surface area contributed by atoms with Crippen molar-refractivity contribution < 1.29 is 9.53 Å². The highest BCUT2D eigenvalue weighted by atomic mass is 79.9. The summed E-state index contributed by atoms with van der Waals surface area (Å²) >= 11 is 17.0. The number of carbonyl (C=O) groups is 1. The van der Waals surface area contributed by atoms with E-state index >= 15 is 0 Å². The number of benzene rings is 5. The molecule has 0 N–H and O–H groups in total. The lowest BCUT2D eigenvalue weighted by Crippen LogP contribution is -2.28. The van der Waals surface area contributed by atoms with E-state index in [1.165, 1.54) is 11.8 Å². The standard InChI is InChI=1S/C33H21BrCl2N2O2S/c34-23-8-5-21(6-9-23)20-40-30-18-7-22-3-1-2-4-28(22)29(30)19-31-32(39)38(27-16-12-25(36)13-17-27)33(41-31)37-26-14-10-24(35)11-15-26/h1-19H,20H2/b31-19-,37-33?. The SMILES string of the molecule is O=C1/C(=C/c2c(OCc3ccc(Br)cc3)ccc3ccccc23)SC(=Nc2ccc(Cl)cc2)N1c1ccc(Cl)cc1. The summed E-state index contributed by atoms with van der Waals surface area (Å²) in [6, 6.07) is 34.4. The molecule has 1 saturated heterocycles. The first-order valence-corrected chi connectivity index (χ1v) is 15.0. The van der Waals surface area contributed by atoms with Crippen molar-refractivity contribution in [1.29, 1.82) is 0 Å². The van der Waals surface area contributed by atoms with E-state index in [0.717, 1.165) is 26.4 Å². The zero-order valence-electron chi connectivity index (χ0n) is 21.4. The molecular formula is C33H21BrCl2N2O2S. The number of ether oxygens (including phenoxy) is 1. The number of fused-ring (bicyclic) bond motifs is 1. The van der Waals surface area contributed by atoms with E-state index in [2.05, 4.69) is 15.9 Å². The van der Waals surface area contributed by atoms with Crippen LogP contribution in [0.1, 0.15) is 11.1 Å². The van der Waals surface area contributed by atoms with E-state index in [1.807, 2.05) is 91.0 Å². The Labute approximate surface area is 260 Å². The fourth-order valence-electron chi connectivity index (χ4n) is 4.42. The van der Waals surface area contributed by atoms with Gasteiger partial charge in [-0.2, -0.15) is 0 Å². The molecule has 4 nitrogen and oxygen atoms in total. The smallest absolute Gasteiger partial charge is 0.271 e. The number of carbonyl (C=O) groups excluding carboxylic acids is 1. The minimum Gasteiger partial charge on any atom is -0.488 e. The van der Waals surface area contributed by atoms with Crippen LogP contribution < -0.4 is 9.64 Å². The highest BCUT2D eigenvalue weighted by molar-refractivity contribution is 9.10. The minimum absolute atomic E-state index is 0.183. The van der Waals surface area contributed by atoms with Crippen molar-refractivity contribution in [3.8, 4) is 5.75 Å². The van der Waals surface area contributed by atoms with Crippen molar-refractivity contribution in [2.24, 2.45) is 4.99 Å². The van der Waals surface area contributed by atoms with Crippen LogP contribution in [0.5, 0.6) is 5.75 Å². The Balaban J connectivity index is 1.43. The van der Waals surface area contributed by atoms with Crippen LogP contribution in [0.4, 0.5) is 11.4 Å². The zero-order chi connectivity index (χ0) is 28.3. The lowest BCUT2D eigenvalue weighted by molar-refractivity contribution is -0.113. The fraction of sp³-hybridized carbons (Fsp3) is 0.0303. The number of amidine groups is 1. The number of rotatable bonds is 6. The van der Waals surface area contributed by atoms with E-state index < -0.39 is 0 Å². The summed E-state index contributed by atoms with van der Waals surface area (Å²) in [5.41, 5.74) is 3.23. The second-order valence-corrected chi connectivity index (χ2v) is 12.0. The van der Waals surface area contributed by atoms with Crippen LogP contribution >= 0.6 is 50.9 Å². The van der Waals surface area contributed by atoms with Crippen LogP contribution in [-0.4, -0.2) is 11.1 Å². The summed E-state index contributed by atoms with van der Waals surface area (Å²) in [4.78, 5) is 20.9. The number of amides is 1. The molecule has 0 atom stereocenters. The molecular weight excluding hydrogens is 639 g/mol. The number of anilines is 1. The monoisotopic (exact) mass is 658 g/mol. The van der Waals surface area contributed by atoms with E-state index in [-0.39, 0.29) is 5.91 Å². The maximum Gasteiger partial charge on any atom is 0.271 e. The van der Waals surface area contributed by atoms with Gasteiger partial charge in [0.25, 0.3) is 5.91 Å². The predicted molar refractivity (Wildman–Crippen MR) is 175 cm³/mol. The molecule has 8 heteroatoms. The number of hydrogen-bond donors (Lipinski definition) is 0. The van der Waals surface area contributed by atoms with Gasteiger partial charge in [-0.25, -0.2) is 4.99 Å². The van der Waals surface area contributed by atoms with Crippen LogP contribution in [0.2, 0.25) is 10.0 Å². The summed E-state index contributed by atoms with van der Waals surface area (Å²) in [6.07, 6.45) is 1.90. The third-order valence-corrected chi connectivity index (χ3v) is 8.46. The molecule has 1 aliphatic heterocycles. The van der Waals surface area contributed by atoms with Gasteiger partial charge in [-0.05, 0) is 101 Å². The second-order valence-electron chi connectivity index (χ2n) is 9.21. The van der Waals surface area contributed by atoms with Gasteiger partial charge in [0.15, 0.2) is 5.17 Å². The van der Waals surface area contributed by atoms with Crippen LogP contribution in [0, 0.1) is 0 Å². The minimum atomic E-state index is -0.183. The van der Waals surface area contributed by atoms with Gasteiger partial charge < -0.3 is 4.74 Å². The maximum atomic E-state index is 14.0. The molecule has 1 fully saturated rings. The van der Waals surface area contributed by atoms with Crippen LogP contribution in [0.3, 0.4) is 0 Å². The predicted octanol–water partition coefficient (Wildman–Crippen LogP) is 10.3. The molecule has 1 amide bonds. The Morgan fingerprint density at radius 2 is 1.51 bits per heavy atom. The molecule has 5 aromatic rings. The van der Waals surface area contributed by atoms with Gasteiger partial charge in [0.2, 0.25) is 0 Å². The lowest BCUT2D eigenvalue weighted by Gasteiger charge is -2.16. The summed E-state index contributed by atoms with van der Waals surface area (Å²) < 4.78 is 7.33. The molecule has 1 heterocycles. The molecule has 0 aromatic heterocycles. The van der Waals surface area contributed by atoms with Gasteiger partial charge in [-0.15, -0.1) is 0 Å².